The van der Waals surface area contributed by atoms with E-state index in [1.165, 1.54) is 0 Å². The van der Waals surface area contributed by atoms with Gasteiger partial charge < -0.3 is 14.2 Å². The van der Waals surface area contributed by atoms with Crippen LogP contribution in [0, 0.1) is 0 Å². The van der Waals surface area contributed by atoms with E-state index >= 15 is 0 Å². The minimum atomic E-state index is -0.325. The summed E-state index contributed by atoms with van der Waals surface area (Å²) in [5, 5.41) is 0. The normalized spacial score (nSPS) is 10.4. The summed E-state index contributed by atoms with van der Waals surface area (Å²) in [4.78, 5) is 35.3. The highest BCUT2D eigenvalue weighted by molar-refractivity contribution is 5.89. The van der Waals surface area contributed by atoms with E-state index in [0.29, 0.717) is 57.5 Å². The van der Waals surface area contributed by atoms with Crippen LogP contribution >= 0.6 is 0 Å². The summed E-state index contributed by atoms with van der Waals surface area (Å²) < 4.78 is 15.6. The zero-order valence-corrected chi connectivity index (χ0v) is 18.5. The van der Waals surface area contributed by atoms with Crippen molar-refractivity contribution in [3.05, 3.63) is 71.8 Å². The first-order chi connectivity index (χ1) is 15.6. The lowest BCUT2D eigenvalue weighted by Gasteiger charge is -2.06. The molecule has 32 heavy (non-hydrogen) atoms. The number of hydrogen-bond acceptors (Lipinski definition) is 6. The van der Waals surface area contributed by atoms with Gasteiger partial charge in [0.05, 0.1) is 18.8 Å². The topological polar surface area (TPSA) is 78.9 Å². The van der Waals surface area contributed by atoms with Crippen LogP contribution in [0.5, 0.6) is 0 Å². The maximum atomic E-state index is 11.8. The number of hydrogen-bond donors (Lipinski definition) is 0. The Labute approximate surface area is 189 Å². The number of carbonyl (C=O) groups is 3. The first-order valence-electron chi connectivity index (χ1n) is 11.2. The van der Waals surface area contributed by atoms with Crippen LogP contribution < -0.4 is 0 Å². The van der Waals surface area contributed by atoms with Crippen molar-refractivity contribution in [2.75, 3.05) is 13.2 Å². The molecular formula is C26H32O6. The molecule has 0 saturated carbocycles. The number of ether oxygens (including phenoxy) is 3. The Morgan fingerprint density at radius 2 is 1.09 bits per heavy atom. The lowest BCUT2D eigenvalue weighted by Crippen LogP contribution is -2.08. The molecule has 0 atom stereocenters. The van der Waals surface area contributed by atoms with E-state index in [-0.39, 0.29) is 17.9 Å². The molecule has 2 aromatic carbocycles. The summed E-state index contributed by atoms with van der Waals surface area (Å²) >= 11 is 0. The summed E-state index contributed by atoms with van der Waals surface area (Å²) in [6.07, 6.45) is 5.19. The van der Waals surface area contributed by atoms with Gasteiger partial charge in [0.1, 0.15) is 6.61 Å². The summed E-state index contributed by atoms with van der Waals surface area (Å²) in [5.74, 6) is -0.747. The Bertz CT molecular complexity index is 804. The summed E-state index contributed by atoms with van der Waals surface area (Å²) in [7, 11) is 0. The molecule has 0 aliphatic rings. The highest BCUT2D eigenvalue weighted by atomic mass is 16.5. The van der Waals surface area contributed by atoms with Crippen LogP contribution in [-0.4, -0.2) is 31.1 Å². The molecule has 0 amide bonds. The molecular weight excluding hydrogens is 408 g/mol. The zero-order chi connectivity index (χ0) is 22.9. The molecule has 0 fully saturated rings. The zero-order valence-electron chi connectivity index (χ0n) is 18.5. The summed E-state index contributed by atoms with van der Waals surface area (Å²) in [6, 6.07) is 18.5. The lowest BCUT2D eigenvalue weighted by molar-refractivity contribution is -0.146. The smallest absolute Gasteiger partial charge is 0.338 e. The second-order valence-electron chi connectivity index (χ2n) is 7.49. The summed E-state index contributed by atoms with van der Waals surface area (Å²) in [6.45, 7) is 1.01. The molecule has 0 aliphatic carbocycles. The second kappa shape index (κ2) is 15.6. The Morgan fingerprint density at radius 3 is 1.72 bits per heavy atom. The van der Waals surface area contributed by atoms with Crippen molar-refractivity contribution < 1.29 is 28.6 Å². The van der Waals surface area contributed by atoms with E-state index in [1.807, 2.05) is 36.4 Å². The Kier molecular flexibility index (Phi) is 12.3. The molecule has 0 bridgehead atoms. The van der Waals surface area contributed by atoms with Gasteiger partial charge in [0.15, 0.2) is 0 Å². The standard InChI is InChI=1S/C26H32O6/c27-24(17-9-4-12-20-31-26(29)23-15-7-2-8-16-23)30-19-11-3-10-18-25(28)32-21-22-13-5-1-6-14-22/h1-2,5-8,13-16H,3-4,9-12,17-21H2. The number of esters is 3. The SMILES string of the molecule is O=C(CCCCCOC(=O)c1ccccc1)OCCCCCC(=O)OCc1ccccc1. The van der Waals surface area contributed by atoms with E-state index in [2.05, 4.69) is 0 Å². The van der Waals surface area contributed by atoms with Crippen LogP contribution in [0.4, 0.5) is 0 Å². The fourth-order valence-corrected chi connectivity index (χ4v) is 2.99. The number of rotatable bonds is 15. The lowest BCUT2D eigenvalue weighted by atomic mass is 10.2. The molecule has 0 aliphatic heterocycles. The van der Waals surface area contributed by atoms with Crippen LogP contribution in [0.15, 0.2) is 60.7 Å². The van der Waals surface area contributed by atoms with Crippen LogP contribution in [-0.2, 0) is 30.4 Å². The molecule has 6 heteroatoms. The molecule has 0 radical (unpaired) electrons. The molecule has 6 nitrogen and oxygen atoms in total. The van der Waals surface area contributed by atoms with Crippen molar-refractivity contribution in [1.82, 2.24) is 0 Å². The van der Waals surface area contributed by atoms with Gasteiger partial charge in [-0.2, -0.15) is 0 Å². The van der Waals surface area contributed by atoms with Crippen LogP contribution in [0.25, 0.3) is 0 Å². The maximum absolute atomic E-state index is 11.8. The largest absolute Gasteiger partial charge is 0.466 e. The van der Waals surface area contributed by atoms with Crippen molar-refractivity contribution >= 4 is 17.9 Å². The van der Waals surface area contributed by atoms with Crippen molar-refractivity contribution in [3.63, 3.8) is 0 Å². The molecule has 172 valence electrons. The molecule has 0 saturated heterocycles. The van der Waals surface area contributed by atoms with Gasteiger partial charge in [-0.3, -0.25) is 9.59 Å². The third-order valence-electron chi connectivity index (χ3n) is 4.80. The van der Waals surface area contributed by atoms with Crippen LogP contribution in [0.2, 0.25) is 0 Å². The predicted molar refractivity (Wildman–Crippen MR) is 121 cm³/mol. The van der Waals surface area contributed by atoms with Crippen LogP contribution in [0.3, 0.4) is 0 Å². The third kappa shape index (κ3) is 11.3. The fourth-order valence-electron chi connectivity index (χ4n) is 2.99. The van der Waals surface area contributed by atoms with Crippen molar-refractivity contribution in [2.24, 2.45) is 0 Å². The maximum Gasteiger partial charge on any atom is 0.338 e. The van der Waals surface area contributed by atoms with Gasteiger partial charge in [-0.15, -0.1) is 0 Å². The Morgan fingerprint density at radius 1 is 0.562 bits per heavy atom. The average Bonchev–Trinajstić information content (AvgIpc) is 2.83. The minimum Gasteiger partial charge on any atom is -0.466 e. The fraction of sp³-hybridized carbons (Fsp3) is 0.423. The van der Waals surface area contributed by atoms with Gasteiger partial charge in [0.25, 0.3) is 0 Å². The Hall–Kier alpha value is -3.15. The van der Waals surface area contributed by atoms with Crippen molar-refractivity contribution in [1.29, 1.82) is 0 Å². The Balaban J connectivity index is 1.37. The van der Waals surface area contributed by atoms with Gasteiger partial charge >= 0.3 is 17.9 Å². The van der Waals surface area contributed by atoms with Gasteiger partial charge in [0, 0.05) is 12.8 Å². The molecule has 0 unspecified atom stereocenters. The highest BCUT2D eigenvalue weighted by Gasteiger charge is 2.07. The predicted octanol–water partition coefficient (Wildman–Crippen LogP) is 5.25. The van der Waals surface area contributed by atoms with Gasteiger partial charge in [-0.1, -0.05) is 48.5 Å². The molecule has 2 aromatic rings. The van der Waals surface area contributed by atoms with E-state index in [1.54, 1.807) is 24.3 Å². The molecule has 0 N–H and O–H groups in total. The van der Waals surface area contributed by atoms with Crippen molar-refractivity contribution in [3.8, 4) is 0 Å². The van der Waals surface area contributed by atoms with E-state index in [9.17, 15) is 14.4 Å². The molecule has 0 heterocycles. The molecule has 2 rings (SSSR count). The van der Waals surface area contributed by atoms with E-state index in [4.69, 9.17) is 14.2 Å². The first-order valence-corrected chi connectivity index (χ1v) is 11.2. The van der Waals surface area contributed by atoms with Gasteiger partial charge in [-0.05, 0) is 56.2 Å². The first kappa shape index (κ1) is 25.1. The van der Waals surface area contributed by atoms with E-state index in [0.717, 1.165) is 24.8 Å². The number of benzene rings is 2. The van der Waals surface area contributed by atoms with Crippen molar-refractivity contribution in [2.45, 2.75) is 58.0 Å². The van der Waals surface area contributed by atoms with Gasteiger partial charge in [-0.25, -0.2) is 4.79 Å². The third-order valence-corrected chi connectivity index (χ3v) is 4.80. The second-order valence-corrected chi connectivity index (χ2v) is 7.49. The van der Waals surface area contributed by atoms with Crippen LogP contribution in [0.1, 0.15) is 67.3 Å². The van der Waals surface area contributed by atoms with E-state index < -0.39 is 0 Å². The summed E-state index contributed by atoms with van der Waals surface area (Å²) in [5.41, 5.74) is 1.51. The monoisotopic (exact) mass is 440 g/mol. The van der Waals surface area contributed by atoms with Gasteiger partial charge in [0.2, 0.25) is 0 Å². The molecule has 0 spiro atoms. The molecule has 0 aromatic heterocycles. The minimum absolute atomic E-state index is 0.208. The highest BCUT2D eigenvalue weighted by Crippen LogP contribution is 2.07. The number of unbranched alkanes of at least 4 members (excludes halogenated alkanes) is 4. The quantitative estimate of drug-likeness (QED) is 0.214. The average molecular weight is 441 g/mol. The number of carbonyl (C=O) groups excluding carboxylic acids is 3.